The normalized spacial score (nSPS) is 21.5. The molecule has 2 N–H and O–H groups in total. The molecule has 1 aliphatic rings. The molecule has 1 aliphatic carbocycles. The molecule has 0 spiro atoms. The molecule has 0 aromatic carbocycles. The van der Waals surface area contributed by atoms with Crippen molar-refractivity contribution in [2.75, 3.05) is 0 Å². The van der Waals surface area contributed by atoms with E-state index in [9.17, 15) is 9.59 Å². The summed E-state index contributed by atoms with van der Waals surface area (Å²) in [6.07, 6.45) is 6.05. The van der Waals surface area contributed by atoms with Gasteiger partial charge < -0.3 is 10.6 Å². The zero-order valence-corrected chi connectivity index (χ0v) is 12.2. The van der Waals surface area contributed by atoms with E-state index in [0.29, 0.717) is 0 Å². The molecule has 0 unspecified atom stereocenters. The molecular formula is C15H24N2O2. The Hall–Kier alpha value is -1.58. The highest BCUT2D eigenvalue weighted by atomic mass is 16.2. The summed E-state index contributed by atoms with van der Waals surface area (Å²) in [5, 5.41) is 5.94. The van der Waals surface area contributed by atoms with E-state index in [2.05, 4.69) is 10.6 Å². The third-order valence-electron chi connectivity index (χ3n) is 3.01. The Morgan fingerprint density at radius 3 is 1.53 bits per heavy atom. The summed E-state index contributed by atoms with van der Waals surface area (Å²) >= 11 is 0. The molecule has 4 heteroatoms. The van der Waals surface area contributed by atoms with Crippen LogP contribution >= 0.6 is 0 Å². The van der Waals surface area contributed by atoms with E-state index in [4.69, 9.17) is 0 Å². The van der Waals surface area contributed by atoms with Gasteiger partial charge >= 0.3 is 0 Å². The van der Waals surface area contributed by atoms with Gasteiger partial charge in [0.05, 0.1) is 0 Å². The van der Waals surface area contributed by atoms with Gasteiger partial charge in [-0.2, -0.15) is 0 Å². The first-order chi connectivity index (χ1) is 8.88. The van der Waals surface area contributed by atoms with Crippen LogP contribution in [0, 0.1) is 0 Å². The third-order valence-corrected chi connectivity index (χ3v) is 3.01. The standard InChI is InChI=1S/C15H24N2O2/c1-10(2)8-14(18)16-12-6-5-7-13(12)17-15(19)9-11(3)4/h8-9,12-13H,5-7H2,1-4H3,(H,16,18)(H,17,19)/t12-,13-/m1/s1. The molecule has 0 aromatic rings. The minimum absolute atomic E-state index is 0.0395. The van der Waals surface area contributed by atoms with Crippen molar-refractivity contribution < 1.29 is 9.59 Å². The lowest BCUT2D eigenvalue weighted by molar-refractivity contribution is -0.119. The fraction of sp³-hybridized carbons (Fsp3) is 0.600. The summed E-state index contributed by atoms with van der Waals surface area (Å²) in [6, 6.07) is 0.0789. The largest absolute Gasteiger partial charge is 0.348 e. The summed E-state index contributed by atoms with van der Waals surface area (Å²) in [7, 11) is 0. The van der Waals surface area contributed by atoms with Crippen LogP contribution in [0.1, 0.15) is 47.0 Å². The second-order valence-corrected chi connectivity index (χ2v) is 5.60. The van der Waals surface area contributed by atoms with E-state index in [1.165, 1.54) is 0 Å². The minimum Gasteiger partial charge on any atom is -0.348 e. The van der Waals surface area contributed by atoms with Crippen molar-refractivity contribution in [3.8, 4) is 0 Å². The third kappa shape index (κ3) is 5.73. The van der Waals surface area contributed by atoms with E-state index in [-0.39, 0.29) is 23.9 Å². The molecule has 2 amide bonds. The maximum atomic E-state index is 11.7. The van der Waals surface area contributed by atoms with Crippen molar-refractivity contribution in [1.82, 2.24) is 10.6 Å². The van der Waals surface area contributed by atoms with Crippen molar-refractivity contribution in [2.45, 2.75) is 59.0 Å². The molecular weight excluding hydrogens is 240 g/mol. The maximum Gasteiger partial charge on any atom is 0.244 e. The summed E-state index contributed by atoms with van der Waals surface area (Å²) in [5.41, 5.74) is 1.95. The topological polar surface area (TPSA) is 58.2 Å². The van der Waals surface area contributed by atoms with Gasteiger partial charge in [-0.1, -0.05) is 11.1 Å². The Bertz CT molecular complexity index is 364. The number of hydrogen-bond acceptors (Lipinski definition) is 2. The lowest BCUT2D eigenvalue weighted by Gasteiger charge is -2.21. The Morgan fingerprint density at radius 2 is 1.21 bits per heavy atom. The van der Waals surface area contributed by atoms with E-state index in [1.54, 1.807) is 12.2 Å². The fourth-order valence-electron chi connectivity index (χ4n) is 2.28. The highest BCUT2D eigenvalue weighted by Gasteiger charge is 2.28. The van der Waals surface area contributed by atoms with Crippen LogP contribution in [0.3, 0.4) is 0 Å². The highest BCUT2D eigenvalue weighted by Crippen LogP contribution is 2.19. The number of hydrogen-bond donors (Lipinski definition) is 2. The zero-order chi connectivity index (χ0) is 14.4. The van der Waals surface area contributed by atoms with Crippen LogP contribution in [0.4, 0.5) is 0 Å². The predicted molar refractivity (Wildman–Crippen MR) is 76.6 cm³/mol. The van der Waals surface area contributed by atoms with E-state index >= 15 is 0 Å². The lowest BCUT2D eigenvalue weighted by atomic mass is 10.1. The molecule has 0 aromatic heterocycles. The average Bonchev–Trinajstić information content (AvgIpc) is 2.62. The minimum atomic E-state index is -0.0756. The number of allylic oxidation sites excluding steroid dienone is 2. The van der Waals surface area contributed by atoms with Gasteiger partial charge in [0.1, 0.15) is 0 Å². The summed E-state index contributed by atoms with van der Waals surface area (Å²) in [6.45, 7) is 7.56. The number of amides is 2. The van der Waals surface area contributed by atoms with Crippen LogP contribution in [-0.2, 0) is 9.59 Å². The van der Waals surface area contributed by atoms with Gasteiger partial charge in [-0.05, 0) is 47.0 Å². The second kappa shape index (κ2) is 7.12. The van der Waals surface area contributed by atoms with Gasteiger partial charge in [-0.25, -0.2) is 0 Å². The molecule has 106 valence electrons. The summed E-state index contributed by atoms with van der Waals surface area (Å²) in [4.78, 5) is 23.4. The van der Waals surface area contributed by atoms with Gasteiger partial charge in [0.25, 0.3) is 0 Å². The highest BCUT2D eigenvalue weighted by molar-refractivity contribution is 5.89. The smallest absolute Gasteiger partial charge is 0.244 e. The number of nitrogens with one attached hydrogen (secondary N) is 2. The van der Waals surface area contributed by atoms with Crippen LogP contribution in [0.15, 0.2) is 23.3 Å². The molecule has 1 rings (SSSR count). The first-order valence-corrected chi connectivity index (χ1v) is 6.79. The van der Waals surface area contributed by atoms with Crippen LogP contribution in [0.2, 0.25) is 0 Å². The van der Waals surface area contributed by atoms with Crippen molar-refractivity contribution in [1.29, 1.82) is 0 Å². The number of carbonyl (C=O) groups is 2. The van der Waals surface area contributed by atoms with E-state index in [0.717, 1.165) is 30.4 Å². The molecule has 1 fully saturated rings. The molecule has 19 heavy (non-hydrogen) atoms. The summed E-state index contributed by atoms with van der Waals surface area (Å²) in [5.74, 6) is -0.151. The van der Waals surface area contributed by atoms with Crippen LogP contribution < -0.4 is 10.6 Å². The molecule has 0 saturated heterocycles. The zero-order valence-electron chi connectivity index (χ0n) is 12.2. The molecule has 1 saturated carbocycles. The van der Waals surface area contributed by atoms with Crippen molar-refractivity contribution in [2.24, 2.45) is 0 Å². The number of rotatable bonds is 4. The van der Waals surface area contributed by atoms with Crippen molar-refractivity contribution in [3.05, 3.63) is 23.3 Å². The van der Waals surface area contributed by atoms with E-state index in [1.807, 2.05) is 27.7 Å². The van der Waals surface area contributed by atoms with Crippen LogP contribution in [0.5, 0.6) is 0 Å². The lowest BCUT2D eigenvalue weighted by Crippen LogP contribution is -2.47. The predicted octanol–water partition coefficient (Wildman–Crippen LogP) is 2.07. The Kier molecular flexibility index (Phi) is 5.80. The van der Waals surface area contributed by atoms with Crippen molar-refractivity contribution in [3.63, 3.8) is 0 Å². The monoisotopic (exact) mass is 264 g/mol. The van der Waals surface area contributed by atoms with Gasteiger partial charge in [0, 0.05) is 24.2 Å². The Morgan fingerprint density at radius 1 is 0.842 bits per heavy atom. The fourth-order valence-corrected chi connectivity index (χ4v) is 2.28. The molecule has 2 atom stereocenters. The number of carbonyl (C=O) groups excluding carboxylic acids is 2. The Labute approximate surface area is 115 Å². The quantitative estimate of drug-likeness (QED) is 0.764. The summed E-state index contributed by atoms with van der Waals surface area (Å²) < 4.78 is 0. The van der Waals surface area contributed by atoms with Crippen LogP contribution in [-0.4, -0.2) is 23.9 Å². The van der Waals surface area contributed by atoms with Gasteiger partial charge in [-0.15, -0.1) is 0 Å². The van der Waals surface area contributed by atoms with Gasteiger partial charge in [0.15, 0.2) is 0 Å². The molecule has 4 nitrogen and oxygen atoms in total. The molecule has 0 radical (unpaired) electrons. The molecule has 0 bridgehead atoms. The first kappa shape index (κ1) is 15.5. The van der Waals surface area contributed by atoms with Crippen LogP contribution in [0.25, 0.3) is 0 Å². The SMILES string of the molecule is CC(C)=CC(=O)N[C@@H]1CCC[C@H]1NC(=O)C=C(C)C. The Balaban J connectivity index is 2.55. The maximum absolute atomic E-state index is 11.7. The van der Waals surface area contributed by atoms with Gasteiger partial charge in [0.2, 0.25) is 11.8 Å². The molecule has 0 aliphatic heterocycles. The average molecular weight is 264 g/mol. The van der Waals surface area contributed by atoms with Crippen molar-refractivity contribution >= 4 is 11.8 Å². The van der Waals surface area contributed by atoms with E-state index < -0.39 is 0 Å². The molecule has 0 heterocycles. The first-order valence-electron chi connectivity index (χ1n) is 6.79. The van der Waals surface area contributed by atoms with Gasteiger partial charge in [-0.3, -0.25) is 9.59 Å². The second-order valence-electron chi connectivity index (χ2n) is 5.60.